The minimum Gasteiger partial charge on any atom is -0.496 e. The highest BCUT2D eigenvalue weighted by Crippen LogP contribution is 2.32. The number of amides is 1. The molecule has 0 aliphatic carbocycles. The number of ether oxygens (including phenoxy) is 1. The number of carbonyl (C=O) groups excluding carboxylic acids is 1. The fourth-order valence-corrected chi connectivity index (χ4v) is 3.72. The number of benzene rings is 2. The fraction of sp³-hybridized carbons (Fsp3) is 0.304. The van der Waals surface area contributed by atoms with E-state index in [1.807, 2.05) is 54.6 Å². The van der Waals surface area contributed by atoms with Crippen molar-refractivity contribution in [3.05, 3.63) is 66.4 Å². The molecule has 150 valence electrons. The van der Waals surface area contributed by atoms with Gasteiger partial charge in [-0.25, -0.2) is 4.68 Å². The van der Waals surface area contributed by atoms with Crippen molar-refractivity contribution in [1.82, 2.24) is 20.4 Å². The lowest BCUT2D eigenvalue weighted by atomic mass is 9.94. The molecule has 6 heteroatoms. The molecular weight excluding hydrogens is 364 g/mol. The number of rotatable bonds is 5. The predicted molar refractivity (Wildman–Crippen MR) is 113 cm³/mol. The Balaban J connectivity index is 1.75. The Morgan fingerprint density at radius 2 is 1.93 bits per heavy atom. The van der Waals surface area contributed by atoms with E-state index in [0.717, 1.165) is 30.8 Å². The minimum atomic E-state index is -0.117. The molecule has 0 bridgehead atoms. The maximum absolute atomic E-state index is 13.3. The molecule has 1 amide bonds. The van der Waals surface area contributed by atoms with Gasteiger partial charge in [-0.3, -0.25) is 4.79 Å². The van der Waals surface area contributed by atoms with Crippen molar-refractivity contribution in [2.24, 2.45) is 5.92 Å². The molecule has 0 radical (unpaired) electrons. The Morgan fingerprint density at radius 1 is 1.17 bits per heavy atom. The number of methoxy groups -OCH3 is 1. The van der Waals surface area contributed by atoms with Crippen LogP contribution in [0.1, 0.15) is 23.7 Å². The lowest BCUT2D eigenvalue weighted by Gasteiger charge is -2.30. The Bertz CT molecular complexity index is 984. The number of nitrogens with zero attached hydrogens (tertiary/aromatic N) is 2. The molecule has 3 aromatic rings. The second-order valence-corrected chi connectivity index (χ2v) is 7.42. The van der Waals surface area contributed by atoms with Crippen molar-refractivity contribution in [3.63, 3.8) is 0 Å². The molecule has 1 fully saturated rings. The van der Waals surface area contributed by atoms with E-state index in [2.05, 4.69) is 17.6 Å². The molecule has 2 unspecified atom stereocenters. The van der Waals surface area contributed by atoms with Crippen LogP contribution in [-0.2, 0) is 0 Å². The zero-order valence-electron chi connectivity index (χ0n) is 16.8. The first-order chi connectivity index (χ1) is 14.2. The zero-order valence-corrected chi connectivity index (χ0v) is 16.8. The number of para-hydroxylation sites is 2. The Kier molecular flexibility index (Phi) is 5.62. The summed E-state index contributed by atoms with van der Waals surface area (Å²) in [5.74, 6) is 1.00. The molecule has 6 nitrogen and oxygen atoms in total. The summed E-state index contributed by atoms with van der Waals surface area (Å²) >= 11 is 0. The first-order valence-electron chi connectivity index (χ1n) is 9.97. The zero-order chi connectivity index (χ0) is 20.2. The molecule has 0 spiro atoms. The van der Waals surface area contributed by atoms with Crippen molar-refractivity contribution in [2.45, 2.75) is 19.4 Å². The average Bonchev–Trinajstić information content (AvgIpc) is 3.21. The lowest BCUT2D eigenvalue weighted by molar-refractivity contribution is 0.0916. The molecule has 2 atom stereocenters. The Hall–Kier alpha value is -3.12. The minimum absolute atomic E-state index is 0.0989. The molecule has 29 heavy (non-hydrogen) atoms. The third kappa shape index (κ3) is 4.03. The molecule has 1 aliphatic rings. The first kappa shape index (κ1) is 19.2. The van der Waals surface area contributed by atoms with Gasteiger partial charge in [0.05, 0.1) is 18.4 Å². The molecule has 4 rings (SSSR count). The summed E-state index contributed by atoms with van der Waals surface area (Å²) in [5, 5.41) is 11.3. The monoisotopic (exact) mass is 390 g/mol. The summed E-state index contributed by atoms with van der Waals surface area (Å²) in [6.07, 6.45) is 2.85. The van der Waals surface area contributed by atoms with Gasteiger partial charge in [-0.15, -0.1) is 0 Å². The number of carbonyl (C=O) groups is 1. The molecule has 2 heterocycles. The van der Waals surface area contributed by atoms with Crippen LogP contribution < -0.4 is 15.4 Å². The summed E-state index contributed by atoms with van der Waals surface area (Å²) in [6, 6.07) is 17.5. The molecule has 1 aromatic heterocycles. The normalized spacial score (nSPS) is 19.0. The van der Waals surface area contributed by atoms with Crippen LogP contribution in [0, 0.1) is 5.92 Å². The highest BCUT2D eigenvalue weighted by molar-refractivity contribution is 6.00. The van der Waals surface area contributed by atoms with Gasteiger partial charge in [-0.1, -0.05) is 37.3 Å². The fourth-order valence-electron chi connectivity index (χ4n) is 3.72. The molecule has 1 aliphatic heterocycles. The van der Waals surface area contributed by atoms with E-state index in [1.165, 1.54) is 0 Å². The van der Waals surface area contributed by atoms with Crippen LogP contribution >= 0.6 is 0 Å². The van der Waals surface area contributed by atoms with Gasteiger partial charge < -0.3 is 15.4 Å². The molecule has 1 saturated heterocycles. The predicted octanol–water partition coefficient (Wildman–Crippen LogP) is 3.28. The quantitative estimate of drug-likeness (QED) is 0.702. The molecule has 2 N–H and O–H groups in total. The van der Waals surface area contributed by atoms with E-state index in [4.69, 9.17) is 9.84 Å². The van der Waals surface area contributed by atoms with E-state index in [-0.39, 0.29) is 11.9 Å². The van der Waals surface area contributed by atoms with Crippen molar-refractivity contribution < 1.29 is 9.53 Å². The average molecular weight is 390 g/mol. The summed E-state index contributed by atoms with van der Waals surface area (Å²) in [5.41, 5.74) is 2.84. The highest BCUT2D eigenvalue weighted by Gasteiger charge is 2.26. The van der Waals surface area contributed by atoms with Crippen LogP contribution in [0.4, 0.5) is 0 Å². The van der Waals surface area contributed by atoms with Crippen LogP contribution in [0.2, 0.25) is 0 Å². The van der Waals surface area contributed by atoms with Crippen LogP contribution in [-0.4, -0.2) is 41.9 Å². The van der Waals surface area contributed by atoms with Crippen molar-refractivity contribution >= 4 is 5.91 Å². The van der Waals surface area contributed by atoms with Crippen LogP contribution in [0.25, 0.3) is 16.9 Å². The number of hydrogen-bond acceptors (Lipinski definition) is 4. The standard InChI is InChI=1S/C23H26N4O2/c1-16-12-13-24-14-20(16)25-23(28)19-15-27(17-8-4-3-5-9-17)26-22(19)18-10-6-7-11-21(18)29-2/h3-11,15-16,20,24H,12-14H2,1-2H3,(H,25,28). The first-order valence-corrected chi connectivity index (χ1v) is 9.97. The van der Waals surface area contributed by atoms with Gasteiger partial charge in [-0.05, 0) is 43.1 Å². The van der Waals surface area contributed by atoms with Gasteiger partial charge in [0, 0.05) is 24.3 Å². The smallest absolute Gasteiger partial charge is 0.255 e. The van der Waals surface area contributed by atoms with Gasteiger partial charge in [-0.2, -0.15) is 5.10 Å². The van der Waals surface area contributed by atoms with Gasteiger partial charge in [0.1, 0.15) is 11.4 Å². The van der Waals surface area contributed by atoms with Crippen molar-refractivity contribution in [2.75, 3.05) is 20.2 Å². The van der Waals surface area contributed by atoms with Crippen LogP contribution in [0.5, 0.6) is 5.75 Å². The van der Waals surface area contributed by atoms with Crippen molar-refractivity contribution in [1.29, 1.82) is 0 Å². The maximum atomic E-state index is 13.3. The topological polar surface area (TPSA) is 68.2 Å². The molecular formula is C23H26N4O2. The summed E-state index contributed by atoms with van der Waals surface area (Å²) < 4.78 is 7.27. The van der Waals surface area contributed by atoms with Gasteiger partial charge >= 0.3 is 0 Å². The molecule has 2 aromatic carbocycles. The van der Waals surface area contributed by atoms with Crippen molar-refractivity contribution in [3.8, 4) is 22.7 Å². The largest absolute Gasteiger partial charge is 0.496 e. The van der Waals surface area contributed by atoms with E-state index in [9.17, 15) is 4.79 Å². The summed E-state index contributed by atoms with van der Waals surface area (Å²) in [7, 11) is 1.63. The van der Waals surface area contributed by atoms with E-state index >= 15 is 0 Å². The van der Waals surface area contributed by atoms with Crippen LogP contribution in [0.3, 0.4) is 0 Å². The lowest BCUT2D eigenvalue weighted by Crippen LogP contribution is -2.50. The number of nitrogens with one attached hydrogen (secondary N) is 2. The van der Waals surface area contributed by atoms with Gasteiger partial charge in [0.15, 0.2) is 0 Å². The third-order valence-corrected chi connectivity index (χ3v) is 5.49. The summed E-state index contributed by atoms with van der Waals surface area (Å²) in [6.45, 7) is 3.95. The number of piperidine rings is 1. The SMILES string of the molecule is COc1ccccc1-c1nn(-c2ccccc2)cc1C(=O)NC1CNCCC1C. The van der Waals surface area contributed by atoms with E-state index < -0.39 is 0 Å². The van der Waals surface area contributed by atoms with Crippen LogP contribution in [0.15, 0.2) is 60.8 Å². The summed E-state index contributed by atoms with van der Waals surface area (Å²) in [4.78, 5) is 13.3. The third-order valence-electron chi connectivity index (χ3n) is 5.49. The van der Waals surface area contributed by atoms with Gasteiger partial charge in [0.25, 0.3) is 5.91 Å². The molecule has 0 saturated carbocycles. The Labute approximate surface area is 170 Å². The number of hydrogen-bond donors (Lipinski definition) is 2. The highest BCUT2D eigenvalue weighted by atomic mass is 16.5. The second kappa shape index (κ2) is 8.49. The number of aromatic nitrogens is 2. The van der Waals surface area contributed by atoms with E-state index in [0.29, 0.717) is 22.9 Å². The van der Waals surface area contributed by atoms with E-state index in [1.54, 1.807) is 18.0 Å². The van der Waals surface area contributed by atoms with Gasteiger partial charge in [0.2, 0.25) is 0 Å². The maximum Gasteiger partial charge on any atom is 0.255 e. The second-order valence-electron chi connectivity index (χ2n) is 7.42. The Morgan fingerprint density at radius 3 is 2.69 bits per heavy atom.